The van der Waals surface area contributed by atoms with Gasteiger partial charge in [-0.15, -0.1) is 0 Å². The van der Waals surface area contributed by atoms with Crippen molar-refractivity contribution in [2.45, 2.75) is 25.7 Å². The highest BCUT2D eigenvalue weighted by Gasteiger charge is 2.17. The summed E-state index contributed by atoms with van der Waals surface area (Å²) >= 11 is 0. The molecule has 2 aromatic rings. The summed E-state index contributed by atoms with van der Waals surface area (Å²) in [6.45, 7) is 8.98. The predicted molar refractivity (Wildman–Crippen MR) is 128 cm³/mol. The molecule has 0 saturated heterocycles. The minimum atomic E-state index is -4.29. The average molecular weight is 438 g/mol. The Morgan fingerprint density at radius 3 is 2.10 bits per heavy atom. The second kappa shape index (κ2) is 9.90. The zero-order chi connectivity index (χ0) is 22.4. The molecule has 1 aliphatic rings. The quantitative estimate of drug-likeness (QED) is 0.483. The fraction of sp³-hybridized carbons (Fsp3) is 0.240. The standard InChI is InChI=1S/C25H28N2O3S/c1-4-26-22-14-10-19(11-15-22)25(21-8-7-9-24(18-21)31(28,29)30)20-12-16-23(17-13-20)27(5-2)6-3/h7-18H,4-6H2,1-3H3,(H,28,29,30)/p+1. The fourth-order valence-electron chi connectivity index (χ4n) is 3.70. The molecule has 0 aromatic heterocycles. The molecule has 0 saturated carbocycles. The molecule has 6 heteroatoms. The summed E-state index contributed by atoms with van der Waals surface area (Å²) < 4.78 is 35.2. The lowest BCUT2D eigenvalue weighted by Gasteiger charge is -2.15. The van der Waals surface area contributed by atoms with Crippen molar-refractivity contribution in [3.8, 4) is 0 Å². The smallest absolute Gasteiger partial charge is 0.294 e. The Morgan fingerprint density at radius 1 is 0.903 bits per heavy atom. The highest BCUT2D eigenvalue weighted by atomic mass is 32.2. The molecule has 1 aliphatic carbocycles. The van der Waals surface area contributed by atoms with Gasteiger partial charge in [-0.05, 0) is 79.5 Å². The number of allylic oxidation sites excluding steroid dienone is 5. The molecule has 31 heavy (non-hydrogen) atoms. The summed E-state index contributed by atoms with van der Waals surface area (Å²) in [6, 6.07) is 14.5. The van der Waals surface area contributed by atoms with E-state index in [1.54, 1.807) is 6.07 Å². The molecule has 5 nitrogen and oxygen atoms in total. The fourth-order valence-corrected chi connectivity index (χ4v) is 4.23. The molecule has 162 valence electrons. The van der Waals surface area contributed by atoms with Crippen LogP contribution in [0.15, 0.2) is 83.3 Å². The lowest BCUT2D eigenvalue weighted by atomic mass is 9.90. The van der Waals surface area contributed by atoms with E-state index in [0.717, 1.165) is 53.3 Å². The maximum absolute atomic E-state index is 11.7. The van der Waals surface area contributed by atoms with Crippen LogP contribution in [0.3, 0.4) is 0 Å². The van der Waals surface area contributed by atoms with Crippen molar-refractivity contribution in [2.24, 2.45) is 0 Å². The van der Waals surface area contributed by atoms with Gasteiger partial charge in [0.2, 0.25) is 0 Å². The minimum Gasteiger partial charge on any atom is -0.385 e. The second-order valence-electron chi connectivity index (χ2n) is 7.20. The molecule has 2 N–H and O–H groups in total. The summed E-state index contributed by atoms with van der Waals surface area (Å²) in [5.41, 5.74) is 5.72. The van der Waals surface area contributed by atoms with Gasteiger partial charge in [0.05, 0.1) is 4.90 Å². The third-order valence-electron chi connectivity index (χ3n) is 5.26. The van der Waals surface area contributed by atoms with E-state index in [9.17, 15) is 13.0 Å². The number of hydrogen-bond acceptors (Lipinski definition) is 3. The van der Waals surface area contributed by atoms with Gasteiger partial charge in [0.1, 0.15) is 13.1 Å². The highest BCUT2D eigenvalue weighted by Crippen LogP contribution is 2.31. The number of rotatable bonds is 7. The first kappa shape index (κ1) is 22.7. The third kappa shape index (κ3) is 5.40. The van der Waals surface area contributed by atoms with Gasteiger partial charge in [0.15, 0.2) is 5.71 Å². The topological polar surface area (TPSA) is 69.4 Å². The molecular formula is C25H29N2O3S+. The minimum absolute atomic E-state index is 0.119. The normalized spacial score (nSPS) is 13.4. The number of benzene rings is 2. The lowest BCUT2D eigenvalue weighted by molar-refractivity contribution is -0.519. The zero-order valence-corrected chi connectivity index (χ0v) is 19.0. The lowest BCUT2D eigenvalue weighted by Crippen LogP contribution is -2.19. The van der Waals surface area contributed by atoms with E-state index in [-0.39, 0.29) is 4.90 Å². The van der Waals surface area contributed by atoms with Crippen LogP contribution in [-0.4, -0.2) is 42.9 Å². The maximum atomic E-state index is 11.7. The van der Waals surface area contributed by atoms with E-state index in [1.165, 1.54) is 12.1 Å². The first-order chi connectivity index (χ1) is 14.9. The first-order valence-electron chi connectivity index (χ1n) is 10.5. The van der Waals surface area contributed by atoms with Crippen LogP contribution in [-0.2, 0) is 10.1 Å². The number of anilines is 1. The number of nitrogens with zero attached hydrogens (tertiary/aromatic N) is 1. The van der Waals surface area contributed by atoms with Crippen LogP contribution in [0.4, 0.5) is 5.69 Å². The van der Waals surface area contributed by atoms with Crippen LogP contribution in [0.5, 0.6) is 0 Å². The molecule has 0 radical (unpaired) electrons. The Kier molecular flexibility index (Phi) is 7.25. The molecule has 2 aromatic carbocycles. The van der Waals surface area contributed by atoms with Crippen molar-refractivity contribution in [1.82, 2.24) is 0 Å². The van der Waals surface area contributed by atoms with Crippen molar-refractivity contribution in [1.29, 1.82) is 0 Å². The van der Waals surface area contributed by atoms with Gasteiger partial charge < -0.3 is 5.32 Å². The predicted octanol–water partition coefficient (Wildman–Crippen LogP) is 4.79. The Morgan fingerprint density at radius 2 is 1.55 bits per heavy atom. The van der Waals surface area contributed by atoms with E-state index in [4.69, 9.17) is 0 Å². The summed E-state index contributed by atoms with van der Waals surface area (Å²) in [7, 11) is -4.29. The van der Waals surface area contributed by atoms with Crippen LogP contribution in [0.1, 0.15) is 31.9 Å². The van der Waals surface area contributed by atoms with Crippen molar-refractivity contribution < 1.29 is 17.5 Å². The van der Waals surface area contributed by atoms with Crippen LogP contribution in [0.2, 0.25) is 0 Å². The van der Waals surface area contributed by atoms with Gasteiger partial charge in [-0.25, -0.2) is 4.58 Å². The third-order valence-corrected chi connectivity index (χ3v) is 6.11. The van der Waals surface area contributed by atoms with Gasteiger partial charge in [-0.3, -0.25) is 4.55 Å². The Hall–Kier alpha value is -2.96. The van der Waals surface area contributed by atoms with Crippen molar-refractivity contribution >= 4 is 27.1 Å². The summed E-state index contributed by atoms with van der Waals surface area (Å²) in [6.07, 6.45) is 8.28. The van der Waals surface area contributed by atoms with E-state index >= 15 is 0 Å². The summed E-state index contributed by atoms with van der Waals surface area (Å²) in [5, 5.41) is 3.29. The largest absolute Gasteiger partial charge is 0.385 e. The summed E-state index contributed by atoms with van der Waals surface area (Å²) in [5.74, 6) is 0. The van der Waals surface area contributed by atoms with E-state index in [2.05, 4.69) is 48.0 Å². The van der Waals surface area contributed by atoms with Crippen molar-refractivity contribution in [2.75, 3.05) is 25.0 Å². The molecule has 0 spiro atoms. The van der Waals surface area contributed by atoms with Crippen LogP contribution >= 0.6 is 0 Å². The van der Waals surface area contributed by atoms with Gasteiger partial charge in [-0.2, -0.15) is 8.42 Å². The molecule has 0 fully saturated rings. The van der Waals surface area contributed by atoms with E-state index in [1.807, 2.05) is 37.3 Å². The summed E-state index contributed by atoms with van der Waals surface area (Å²) in [4.78, 5) is -0.119. The van der Waals surface area contributed by atoms with Gasteiger partial charge >= 0.3 is 0 Å². The van der Waals surface area contributed by atoms with E-state index in [0.29, 0.717) is 0 Å². The van der Waals surface area contributed by atoms with Crippen molar-refractivity contribution in [3.63, 3.8) is 0 Å². The highest BCUT2D eigenvalue weighted by molar-refractivity contribution is 7.85. The number of hydrogen-bond donors (Lipinski definition) is 2. The van der Waals surface area contributed by atoms with Gasteiger partial charge in [0.25, 0.3) is 10.1 Å². The van der Waals surface area contributed by atoms with Gasteiger partial charge in [0, 0.05) is 24.4 Å². The van der Waals surface area contributed by atoms with E-state index < -0.39 is 10.1 Å². The first-order valence-corrected chi connectivity index (χ1v) is 12.0. The molecule has 0 aliphatic heterocycles. The molecular weight excluding hydrogens is 408 g/mol. The maximum Gasteiger partial charge on any atom is 0.294 e. The monoisotopic (exact) mass is 437 g/mol. The Bertz CT molecular complexity index is 1150. The Labute approximate surface area is 184 Å². The Balaban J connectivity index is 2.17. The SMILES string of the molecule is CCNc1ccc(C(=C2C=CC(=[N+](CC)CC)C=C2)c2cccc(S(=O)(=O)O)c2)cc1. The molecule has 0 heterocycles. The molecule has 0 bridgehead atoms. The van der Waals surface area contributed by atoms with Gasteiger partial charge in [-0.1, -0.05) is 24.3 Å². The number of nitrogens with one attached hydrogen (secondary N) is 1. The zero-order valence-electron chi connectivity index (χ0n) is 18.2. The van der Waals surface area contributed by atoms with Crippen molar-refractivity contribution in [3.05, 3.63) is 89.5 Å². The molecule has 0 amide bonds. The molecule has 0 atom stereocenters. The van der Waals surface area contributed by atoms with Crippen LogP contribution in [0, 0.1) is 0 Å². The van der Waals surface area contributed by atoms with Crippen LogP contribution in [0.25, 0.3) is 5.57 Å². The molecule has 3 rings (SSSR count). The molecule has 0 unspecified atom stereocenters. The van der Waals surface area contributed by atoms with Crippen LogP contribution < -0.4 is 5.32 Å². The average Bonchev–Trinajstić information content (AvgIpc) is 2.77. The second-order valence-corrected chi connectivity index (χ2v) is 8.63.